The molecule has 0 amide bonds. The molecular weight excluding hydrogens is 418 g/mol. The van der Waals surface area contributed by atoms with Crippen molar-refractivity contribution in [3.8, 4) is 22.6 Å². The van der Waals surface area contributed by atoms with E-state index in [0.29, 0.717) is 5.56 Å². The topological polar surface area (TPSA) is 60.8 Å². The molecule has 0 fully saturated rings. The van der Waals surface area contributed by atoms with E-state index < -0.39 is 0 Å². The third kappa shape index (κ3) is 2.46. The van der Waals surface area contributed by atoms with E-state index in [9.17, 15) is 15.0 Å². The van der Waals surface area contributed by atoms with Crippen LogP contribution in [-0.2, 0) is 12.8 Å². The molecule has 6 heteroatoms. The standard InChI is InChI=1S/C24H19NO3S.ClH/c1-25-9-8-14-21-15(20-12(10-16(21)25)6-7-17(26)24(20)28)11-19-22(14)23(27)13-4-2-3-5-18(13)29-19;/h2-7,11,16,26,28H,8-10H2,1H3;1H/t16-;/m1./s1. The van der Waals surface area contributed by atoms with Gasteiger partial charge in [-0.25, -0.2) is 0 Å². The lowest BCUT2D eigenvalue weighted by molar-refractivity contribution is 0.228. The molecule has 1 aliphatic carbocycles. The number of phenolic OH excluding ortho intramolecular Hbond substituents is 2. The smallest absolute Gasteiger partial charge is 0.196 e. The summed E-state index contributed by atoms with van der Waals surface area (Å²) in [6, 6.07) is 13.5. The number of phenols is 2. The number of aromatic hydroxyl groups is 2. The highest BCUT2D eigenvalue weighted by atomic mass is 35.5. The Morgan fingerprint density at radius 1 is 1.10 bits per heavy atom. The molecule has 1 aliphatic heterocycles. The average Bonchev–Trinajstić information content (AvgIpc) is 2.72. The summed E-state index contributed by atoms with van der Waals surface area (Å²) in [6.45, 7) is 0.895. The molecule has 1 aromatic heterocycles. The molecule has 4 aromatic rings. The van der Waals surface area contributed by atoms with Gasteiger partial charge in [0.15, 0.2) is 16.9 Å². The van der Waals surface area contributed by atoms with Crippen molar-refractivity contribution >= 4 is 43.9 Å². The van der Waals surface area contributed by atoms with E-state index in [0.717, 1.165) is 61.8 Å². The molecule has 0 spiro atoms. The second kappa shape index (κ2) is 6.71. The minimum absolute atomic E-state index is 0. The highest BCUT2D eigenvalue weighted by Gasteiger charge is 2.36. The first-order valence-corrected chi connectivity index (χ1v) is 10.6. The molecule has 6 rings (SSSR count). The third-order valence-electron chi connectivity index (χ3n) is 6.52. The number of fused-ring (bicyclic) bond motifs is 5. The van der Waals surface area contributed by atoms with Crippen LogP contribution in [0, 0.1) is 0 Å². The number of likely N-dealkylation sites (N-methyl/N-ethyl adjacent to an activating group) is 1. The van der Waals surface area contributed by atoms with Crippen molar-refractivity contribution in [1.29, 1.82) is 0 Å². The molecule has 0 saturated carbocycles. The van der Waals surface area contributed by atoms with Crippen LogP contribution in [-0.4, -0.2) is 28.7 Å². The van der Waals surface area contributed by atoms with Gasteiger partial charge in [0.25, 0.3) is 0 Å². The van der Waals surface area contributed by atoms with Crippen molar-refractivity contribution in [3.63, 3.8) is 0 Å². The van der Waals surface area contributed by atoms with E-state index >= 15 is 0 Å². The van der Waals surface area contributed by atoms with Gasteiger partial charge in [0, 0.05) is 38.3 Å². The Labute approximate surface area is 183 Å². The highest BCUT2D eigenvalue weighted by molar-refractivity contribution is 7.24. The van der Waals surface area contributed by atoms with Gasteiger partial charge in [0.2, 0.25) is 0 Å². The molecule has 152 valence electrons. The number of benzene rings is 3. The average molecular weight is 438 g/mol. The highest BCUT2D eigenvalue weighted by Crippen LogP contribution is 2.51. The van der Waals surface area contributed by atoms with E-state index in [1.54, 1.807) is 17.4 Å². The Morgan fingerprint density at radius 2 is 1.90 bits per heavy atom. The predicted octanol–water partition coefficient (Wildman–Crippen LogP) is 5.00. The van der Waals surface area contributed by atoms with Crippen molar-refractivity contribution in [2.75, 3.05) is 13.6 Å². The first-order chi connectivity index (χ1) is 14.0. The maximum absolute atomic E-state index is 13.4. The second-order valence-corrected chi connectivity index (χ2v) is 9.12. The second-order valence-electron chi connectivity index (χ2n) is 8.03. The molecular formula is C24H20ClNO3S. The van der Waals surface area contributed by atoms with Gasteiger partial charge in [-0.05, 0) is 66.4 Å². The zero-order valence-electron chi connectivity index (χ0n) is 16.3. The molecule has 0 unspecified atom stereocenters. The molecule has 2 heterocycles. The number of rotatable bonds is 0. The Balaban J connectivity index is 0.00000193. The van der Waals surface area contributed by atoms with Crippen molar-refractivity contribution < 1.29 is 10.2 Å². The van der Waals surface area contributed by atoms with Crippen LogP contribution in [0.1, 0.15) is 22.7 Å². The van der Waals surface area contributed by atoms with Crippen LogP contribution in [0.5, 0.6) is 11.5 Å². The zero-order chi connectivity index (χ0) is 19.9. The fourth-order valence-corrected chi connectivity index (χ4v) is 6.27. The van der Waals surface area contributed by atoms with Gasteiger partial charge in [-0.1, -0.05) is 18.2 Å². The number of halogens is 1. The Morgan fingerprint density at radius 3 is 2.73 bits per heavy atom. The summed E-state index contributed by atoms with van der Waals surface area (Å²) in [7, 11) is 2.12. The van der Waals surface area contributed by atoms with Gasteiger partial charge in [-0.15, -0.1) is 23.7 Å². The minimum atomic E-state index is -0.105. The Bertz CT molecular complexity index is 1410. The van der Waals surface area contributed by atoms with Gasteiger partial charge < -0.3 is 10.2 Å². The minimum Gasteiger partial charge on any atom is -0.504 e. The summed E-state index contributed by atoms with van der Waals surface area (Å²) in [4.78, 5) is 15.8. The first-order valence-electron chi connectivity index (χ1n) is 9.80. The lowest BCUT2D eigenvalue weighted by Crippen LogP contribution is -2.36. The molecule has 0 radical (unpaired) electrons. The molecule has 3 aromatic carbocycles. The van der Waals surface area contributed by atoms with E-state index in [1.165, 1.54) is 0 Å². The zero-order valence-corrected chi connectivity index (χ0v) is 17.9. The van der Waals surface area contributed by atoms with Crippen molar-refractivity contribution in [2.24, 2.45) is 0 Å². The van der Waals surface area contributed by atoms with Crippen LogP contribution in [0.15, 0.2) is 47.3 Å². The van der Waals surface area contributed by atoms with E-state index in [2.05, 4.69) is 18.0 Å². The maximum atomic E-state index is 13.4. The maximum Gasteiger partial charge on any atom is 0.196 e. The van der Waals surface area contributed by atoms with Gasteiger partial charge >= 0.3 is 0 Å². The Kier molecular flexibility index (Phi) is 4.33. The van der Waals surface area contributed by atoms with E-state index in [4.69, 9.17) is 0 Å². The summed E-state index contributed by atoms with van der Waals surface area (Å²) >= 11 is 1.62. The van der Waals surface area contributed by atoms with Crippen LogP contribution in [0.2, 0.25) is 0 Å². The summed E-state index contributed by atoms with van der Waals surface area (Å²) < 4.78 is 1.92. The molecule has 30 heavy (non-hydrogen) atoms. The van der Waals surface area contributed by atoms with Gasteiger partial charge in [0.05, 0.1) is 0 Å². The molecule has 4 nitrogen and oxygen atoms in total. The van der Waals surface area contributed by atoms with E-state index in [1.807, 2.05) is 30.3 Å². The summed E-state index contributed by atoms with van der Waals surface area (Å²) in [5, 5.41) is 22.4. The quantitative estimate of drug-likeness (QED) is 0.300. The largest absolute Gasteiger partial charge is 0.504 e. The number of hydrogen-bond acceptors (Lipinski definition) is 5. The van der Waals surface area contributed by atoms with Crippen LogP contribution < -0.4 is 5.43 Å². The van der Waals surface area contributed by atoms with Crippen LogP contribution in [0.25, 0.3) is 31.3 Å². The Hall–Kier alpha value is -2.60. The van der Waals surface area contributed by atoms with Crippen molar-refractivity contribution in [1.82, 2.24) is 4.90 Å². The third-order valence-corrected chi connectivity index (χ3v) is 7.64. The lowest BCUT2D eigenvalue weighted by atomic mass is 9.76. The van der Waals surface area contributed by atoms with Gasteiger partial charge in [-0.2, -0.15) is 0 Å². The van der Waals surface area contributed by atoms with Crippen LogP contribution >= 0.6 is 23.7 Å². The summed E-state index contributed by atoms with van der Waals surface area (Å²) in [6.07, 6.45) is 1.57. The van der Waals surface area contributed by atoms with Crippen molar-refractivity contribution in [3.05, 3.63) is 69.4 Å². The van der Waals surface area contributed by atoms with Gasteiger partial charge in [-0.3, -0.25) is 9.69 Å². The number of nitrogens with zero attached hydrogens (tertiary/aromatic N) is 1. The lowest BCUT2D eigenvalue weighted by Gasteiger charge is -2.40. The fraction of sp³-hybridized carbons (Fsp3) is 0.208. The van der Waals surface area contributed by atoms with Crippen LogP contribution in [0.3, 0.4) is 0 Å². The molecule has 2 N–H and O–H groups in total. The van der Waals surface area contributed by atoms with E-state index in [-0.39, 0.29) is 35.4 Å². The predicted molar refractivity (Wildman–Crippen MR) is 124 cm³/mol. The summed E-state index contributed by atoms with van der Waals surface area (Å²) in [5.74, 6) is -0.171. The molecule has 2 aliphatic rings. The molecule has 1 atom stereocenters. The van der Waals surface area contributed by atoms with Crippen molar-refractivity contribution in [2.45, 2.75) is 18.9 Å². The first kappa shape index (κ1) is 19.4. The molecule has 0 bridgehead atoms. The molecule has 0 saturated heterocycles. The number of hydrogen-bond donors (Lipinski definition) is 2. The normalized spacial score (nSPS) is 17.4. The summed E-state index contributed by atoms with van der Waals surface area (Å²) in [5.41, 5.74) is 5.04. The SMILES string of the molecule is CN1CCc2c3c(cc4sc5ccccc5c(=O)c24)-c2c(ccc(O)c2O)C[C@H]31.Cl. The monoisotopic (exact) mass is 437 g/mol. The fourth-order valence-electron chi connectivity index (χ4n) is 5.12. The van der Waals surface area contributed by atoms with Gasteiger partial charge in [0.1, 0.15) is 0 Å². The van der Waals surface area contributed by atoms with Crippen LogP contribution in [0.4, 0.5) is 0 Å².